The SMILES string of the molecule is O=C(O)c1cccc(S(=O)(=O)NCC2CCCCS2)c1. The molecule has 0 bridgehead atoms. The summed E-state index contributed by atoms with van der Waals surface area (Å²) in [6.45, 7) is 0.393. The molecule has 0 aromatic heterocycles. The van der Waals surface area contributed by atoms with Gasteiger partial charge in [-0.1, -0.05) is 12.5 Å². The second kappa shape index (κ2) is 6.60. The number of hydrogen-bond acceptors (Lipinski definition) is 4. The first-order valence-electron chi connectivity index (χ1n) is 6.44. The minimum atomic E-state index is -3.64. The lowest BCUT2D eigenvalue weighted by Gasteiger charge is -2.21. The van der Waals surface area contributed by atoms with Gasteiger partial charge < -0.3 is 5.11 Å². The lowest BCUT2D eigenvalue weighted by Crippen LogP contribution is -2.32. The average molecular weight is 315 g/mol. The molecule has 1 fully saturated rings. The van der Waals surface area contributed by atoms with Crippen molar-refractivity contribution in [3.05, 3.63) is 29.8 Å². The minimum Gasteiger partial charge on any atom is -0.478 e. The summed E-state index contributed by atoms with van der Waals surface area (Å²) >= 11 is 1.79. The van der Waals surface area contributed by atoms with Crippen molar-refractivity contribution in [2.75, 3.05) is 12.3 Å². The molecule has 1 aliphatic heterocycles. The quantitative estimate of drug-likeness (QED) is 0.867. The molecule has 1 atom stereocenters. The van der Waals surface area contributed by atoms with Gasteiger partial charge in [0.25, 0.3) is 0 Å². The van der Waals surface area contributed by atoms with Crippen LogP contribution >= 0.6 is 11.8 Å². The van der Waals surface area contributed by atoms with Gasteiger partial charge in [-0.05, 0) is 36.8 Å². The van der Waals surface area contributed by atoms with E-state index in [1.165, 1.54) is 30.7 Å². The molecule has 1 aromatic carbocycles. The first kappa shape index (κ1) is 15.3. The van der Waals surface area contributed by atoms with E-state index in [0.29, 0.717) is 11.8 Å². The molecule has 1 unspecified atom stereocenters. The van der Waals surface area contributed by atoms with Crippen LogP contribution < -0.4 is 4.72 Å². The Labute approximate surface area is 122 Å². The topological polar surface area (TPSA) is 83.5 Å². The summed E-state index contributed by atoms with van der Waals surface area (Å²) in [5, 5.41) is 9.20. The Bertz CT molecular complexity index is 580. The van der Waals surface area contributed by atoms with E-state index in [1.54, 1.807) is 11.8 Å². The molecule has 0 amide bonds. The summed E-state index contributed by atoms with van der Waals surface area (Å²) in [4.78, 5) is 10.9. The molecule has 5 nitrogen and oxygen atoms in total. The smallest absolute Gasteiger partial charge is 0.335 e. The number of sulfonamides is 1. The highest BCUT2D eigenvalue weighted by Gasteiger charge is 2.20. The molecule has 0 spiro atoms. The van der Waals surface area contributed by atoms with Crippen LogP contribution in [-0.4, -0.2) is 37.0 Å². The van der Waals surface area contributed by atoms with Crippen LogP contribution in [0.2, 0.25) is 0 Å². The van der Waals surface area contributed by atoms with Crippen LogP contribution in [0.4, 0.5) is 0 Å². The zero-order valence-corrected chi connectivity index (χ0v) is 12.5. The Kier molecular flexibility index (Phi) is 5.06. The summed E-state index contributed by atoms with van der Waals surface area (Å²) in [5.41, 5.74) is -0.0279. The van der Waals surface area contributed by atoms with Crippen molar-refractivity contribution in [2.45, 2.75) is 29.4 Å². The minimum absolute atomic E-state index is 0.00166. The Morgan fingerprint density at radius 3 is 2.85 bits per heavy atom. The predicted octanol–water partition coefficient (Wildman–Crippen LogP) is 1.95. The van der Waals surface area contributed by atoms with E-state index in [-0.39, 0.29) is 10.5 Å². The van der Waals surface area contributed by atoms with Gasteiger partial charge in [0.1, 0.15) is 0 Å². The number of thioether (sulfide) groups is 1. The van der Waals surface area contributed by atoms with Crippen molar-refractivity contribution in [3.63, 3.8) is 0 Å². The largest absolute Gasteiger partial charge is 0.478 e. The molecule has 2 rings (SSSR count). The molecule has 1 aliphatic rings. The molecule has 7 heteroatoms. The number of carbonyl (C=O) groups is 1. The van der Waals surface area contributed by atoms with E-state index in [1.807, 2.05) is 0 Å². The zero-order chi connectivity index (χ0) is 14.6. The highest BCUT2D eigenvalue weighted by molar-refractivity contribution is 8.00. The van der Waals surface area contributed by atoms with Crippen LogP contribution in [0.5, 0.6) is 0 Å². The fourth-order valence-corrected chi connectivity index (χ4v) is 4.52. The van der Waals surface area contributed by atoms with Crippen LogP contribution in [0.3, 0.4) is 0 Å². The first-order chi connectivity index (χ1) is 9.49. The standard InChI is InChI=1S/C13H17NO4S2/c15-13(16)10-4-3-6-12(8-10)20(17,18)14-9-11-5-1-2-7-19-11/h3-4,6,8,11,14H,1-2,5,7,9H2,(H,15,16). The van der Waals surface area contributed by atoms with Gasteiger partial charge in [0.05, 0.1) is 10.5 Å². The van der Waals surface area contributed by atoms with Gasteiger partial charge in [0.15, 0.2) is 0 Å². The number of nitrogens with one attached hydrogen (secondary N) is 1. The lowest BCUT2D eigenvalue weighted by molar-refractivity contribution is 0.0696. The van der Waals surface area contributed by atoms with Gasteiger partial charge in [-0.15, -0.1) is 0 Å². The van der Waals surface area contributed by atoms with Crippen molar-refractivity contribution < 1.29 is 18.3 Å². The Morgan fingerprint density at radius 2 is 2.20 bits per heavy atom. The van der Waals surface area contributed by atoms with Gasteiger partial charge in [-0.2, -0.15) is 11.8 Å². The number of carboxylic acids is 1. The number of rotatable bonds is 5. The molecule has 20 heavy (non-hydrogen) atoms. The van der Waals surface area contributed by atoms with Gasteiger partial charge in [-0.25, -0.2) is 17.9 Å². The normalized spacial score (nSPS) is 19.7. The van der Waals surface area contributed by atoms with Gasteiger partial charge in [0.2, 0.25) is 10.0 Å². The van der Waals surface area contributed by atoms with Crippen LogP contribution in [0.15, 0.2) is 29.2 Å². The molecular weight excluding hydrogens is 298 g/mol. The molecule has 1 aromatic rings. The lowest BCUT2D eigenvalue weighted by atomic mass is 10.2. The van der Waals surface area contributed by atoms with Crippen molar-refractivity contribution in [1.82, 2.24) is 4.72 Å². The van der Waals surface area contributed by atoms with E-state index in [9.17, 15) is 13.2 Å². The van der Waals surface area contributed by atoms with Gasteiger partial charge >= 0.3 is 5.97 Å². The van der Waals surface area contributed by atoms with Crippen LogP contribution in [-0.2, 0) is 10.0 Å². The maximum absolute atomic E-state index is 12.1. The fourth-order valence-electron chi connectivity index (χ4n) is 2.05. The predicted molar refractivity (Wildman–Crippen MR) is 78.7 cm³/mol. The van der Waals surface area contributed by atoms with Crippen LogP contribution in [0.1, 0.15) is 29.6 Å². The van der Waals surface area contributed by atoms with Gasteiger partial charge in [0, 0.05) is 11.8 Å². The van der Waals surface area contributed by atoms with Crippen LogP contribution in [0.25, 0.3) is 0 Å². The second-order valence-corrected chi connectivity index (χ2v) is 7.85. The number of hydrogen-bond donors (Lipinski definition) is 2. The molecule has 0 radical (unpaired) electrons. The molecule has 0 saturated carbocycles. The average Bonchev–Trinajstić information content (AvgIpc) is 2.46. The highest BCUT2D eigenvalue weighted by atomic mass is 32.2. The number of carboxylic acid groups (broad SMARTS) is 1. The fraction of sp³-hybridized carbons (Fsp3) is 0.462. The van der Waals surface area contributed by atoms with E-state index >= 15 is 0 Å². The molecule has 1 heterocycles. The number of aromatic carboxylic acids is 1. The second-order valence-electron chi connectivity index (χ2n) is 4.67. The Morgan fingerprint density at radius 1 is 1.40 bits per heavy atom. The highest BCUT2D eigenvalue weighted by Crippen LogP contribution is 2.24. The third-order valence-electron chi connectivity index (χ3n) is 3.17. The third-order valence-corrected chi connectivity index (χ3v) is 5.99. The summed E-state index contributed by atoms with van der Waals surface area (Å²) in [7, 11) is -3.64. The summed E-state index contributed by atoms with van der Waals surface area (Å²) < 4.78 is 26.8. The maximum atomic E-state index is 12.1. The zero-order valence-electron chi connectivity index (χ0n) is 10.9. The van der Waals surface area contributed by atoms with Crippen molar-refractivity contribution in [2.24, 2.45) is 0 Å². The van der Waals surface area contributed by atoms with Crippen molar-refractivity contribution >= 4 is 27.8 Å². The van der Waals surface area contributed by atoms with Crippen molar-refractivity contribution in [1.29, 1.82) is 0 Å². The number of benzene rings is 1. The molecular formula is C13H17NO4S2. The monoisotopic (exact) mass is 315 g/mol. The first-order valence-corrected chi connectivity index (χ1v) is 8.97. The summed E-state index contributed by atoms with van der Waals surface area (Å²) in [6, 6.07) is 5.40. The third kappa shape index (κ3) is 3.97. The van der Waals surface area contributed by atoms with E-state index in [4.69, 9.17) is 5.11 Å². The van der Waals surface area contributed by atoms with E-state index < -0.39 is 16.0 Å². The Balaban J connectivity index is 2.05. The molecule has 0 aliphatic carbocycles. The summed E-state index contributed by atoms with van der Waals surface area (Å²) in [6.07, 6.45) is 3.34. The summed E-state index contributed by atoms with van der Waals surface area (Å²) in [5.74, 6) is -0.0640. The molecule has 2 N–H and O–H groups in total. The van der Waals surface area contributed by atoms with Gasteiger partial charge in [-0.3, -0.25) is 0 Å². The maximum Gasteiger partial charge on any atom is 0.335 e. The molecule has 110 valence electrons. The molecule has 1 saturated heterocycles. The van der Waals surface area contributed by atoms with E-state index in [0.717, 1.165) is 18.6 Å². The Hall–Kier alpha value is -1.05. The van der Waals surface area contributed by atoms with Crippen LogP contribution in [0, 0.1) is 0 Å². The van der Waals surface area contributed by atoms with E-state index in [2.05, 4.69) is 4.72 Å². The van der Waals surface area contributed by atoms with Crippen molar-refractivity contribution in [3.8, 4) is 0 Å².